The summed E-state index contributed by atoms with van der Waals surface area (Å²) in [4.78, 5) is 6.88. The molecule has 1 aromatic heterocycles. The molecule has 0 fully saturated rings. The summed E-state index contributed by atoms with van der Waals surface area (Å²) in [5, 5.41) is 8.49. The first-order chi connectivity index (χ1) is 17.4. The van der Waals surface area contributed by atoms with Crippen LogP contribution in [-0.4, -0.2) is 27.3 Å². The molecule has 182 valence electrons. The molecule has 1 N–H and O–H groups in total. The van der Waals surface area contributed by atoms with Crippen LogP contribution in [0.3, 0.4) is 0 Å². The minimum atomic E-state index is -0.215. The van der Waals surface area contributed by atoms with Gasteiger partial charge in [-0.2, -0.15) is 4.98 Å². The van der Waals surface area contributed by atoms with Crippen LogP contribution in [0.1, 0.15) is 41.1 Å². The molecule has 3 aromatic carbocycles. The summed E-state index contributed by atoms with van der Waals surface area (Å²) in [5.41, 5.74) is 7.45. The van der Waals surface area contributed by atoms with E-state index in [1.807, 2.05) is 54.6 Å². The fourth-order valence-corrected chi connectivity index (χ4v) is 4.71. The van der Waals surface area contributed by atoms with E-state index in [9.17, 15) is 0 Å². The van der Waals surface area contributed by atoms with Crippen LogP contribution < -0.4 is 10.1 Å². The van der Waals surface area contributed by atoms with Gasteiger partial charge in [-0.3, -0.25) is 0 Å². The van der Waals surface area contributed by atoms with E-state index in [0.717, 1.165) is 33.7 Å². The van der Waals surface area contributed by atoms with E-state index in [4.69, 9.17) is 26.5 Å². The predicted molar refractivity (Wildman–Crippen MR) is 145 cm³/mol. The maximum atomic E-state index is 5.86. The van der Waals surface area contributed by atoms with E-state index in [2.05, 4.69) is 54.3 Å². The number of nitrogens with one attached hydrogen (secondary N) is 1. The minimum absolute atomic E-state index is 0.215. The molecular formula is C29H28N4O2S. The van der Waals surface area contributed by atoms with Crippen LogP contribution in [0.5, 0.6) is 5.75 Å². The Morgan fingerprint density at radius 1 is 0.972 bits per heavy atom. The van der Waals surface area contributed by atoms with Crippen LogP contribution in [0.2, 0.25) is 0 Å². The Labute approximate surface area is 216 Å². The number of hydrogen-bond donors (Lipinski definition) is 1. The molecule has 1 aliphatic heterocycles. The lowest BCUT2D eigenvalue weighted by Crippen LogP contribution is -2.45. The zero-order valence-corrected chi connectivity index (χ0v) is 21.6. The smallest absolute Gasteiger partial charge is 0.258 e. The van der Waals surface area contributed by atoms with Gasteiger partial charge in [0.25, 0.3) is 5.89 Å². The number of methoxy groups -OCH3 is 1. The van der Waals surface area contributed by atoms with Crippen LogP contribution in [0.25, 0.3) is 17.0 Å². The van der Waals surface area contributed by atoms with E-state index in [-0.39, 0.29) is 6.04 Å². The number of rotatable bonds is 6. The van der Waals surface area contributed by atoms with Crippen molar-refractivity contribution in [2.75, 3.05) is 7.11 Å². The van der Waals surface area contributed by atoms with Gasteiger partial charge >= 0.3 is 0 Å². The average Bonchev–Trinajstić information content (AvgIpc) is 3.38. The van der Waals surface area contributed by atoms with Gasteiger partial charge in [-0.15, -0.1) is 0 Å². The van der Waals surface area contributed by atoms with E-state index in [1.54, 1.807) is 7.11 Å². The highest BCUT2D eigenvalue weighted by Crippen LogP contribution is 2.38. The van der Waals surface area contributed by atoms with Crippen molar-refractivity contribution in [2.24, 2.45) is 0 Å². The number of ether oxygens (including phenoxy) is 1. The highest BCUT2D eigenvalue weighted by Gasteiger charge is 2.34. The Hall–Kier alpha value is -3.97. The molecule has 6 nitrogen and oxygen atoms in total. The quantitative estimate of drug-likeness (QED) is 0.318. The van der Waals surface area contributed by atoms with Gasteiger partial charge in [0.1, 0.15) is 5.75 Å². The monoisotopic (exact) mass is 496 g/mol. The van der Waals surface area contributed by atoms with E-state index in [0.29, 0.717) is 23.4 Å². The number of nitrogens with zero attached hydrogens (tertiary/aromatic N) is 3. The molecule has 1 atom stereocenters. The Morgan fingerprint density at radius 2 is 1.72 bits per heavy atom. The molecule has 0 aliphatic carbocycles. The molecule has 2 heterocycles. The Kier molecular flexibility index (Phi) is 6.57. The van der Waals surface area contributed by atoms with Crippen molar-refractivity contribution < 1.29 is 9.26 Å². The van der Waals surface area contributed by atoms with Crippen molar-refractivity contribution in [3.05, 3.63) is 107 Å². The molecule has 0 spiro atoms. The molecule has 0 saturated heterocycles. The first-order valence-corrected chi connectivity index (χ1v) is 12.2. The van der Waals surface area contributed by atoms with Crippen molar-refractivity contribution in [3.8, 4) is 17.1 Å². The third-order valence-electron chi connectivity index (χ3n) is 6.65. The van der Waals surface area contributed by atoms with Crippen LogP contribution in [0.4, 0.5) is 0 Å². The van der Waals surface area contributed by atoms with Crippen molar-refractivity contribution in [2.45, 2.75) is 33.4 Å². The lowest BCUT2D eigenvalue weighted by atomic mass is 9.92. The number of benzene rings is 3. The van der Waals surface area contributed by atoms with Gasteiger partial charge in [-0.05, 0) is 67.4 Å². The van der Waals surface area contributed by atoms with Gasteiger partial charge in [-0.25, -0.2) is 0 Å². The Balaban J connectivity index is 1.59. The predicted octanol–water partition coefficient (Wildman–Crippen LogP) is 6.22. The zero-order valence-electron chi connectivity index (χ0n) is 20.8. The number of aryl methyl sites for hydroxylation is 2. The van der Waals surface area contributed by atoms with Crippen molar-refractivity contribution in [1.82, 2.24) is 20.4 Å². The highest BCUT2D eigenvalue weighted by atomic mass is 32.1. The second-order valence-electron chi connectivity index (χ2n) is 8.95. The van der Waals surface area contributed by atoms with Crippen molar-refractivity contribution >= 4 is 22.9 Å². The third kappa shape index (κ3) is 4.62. The maximum Gasteiger partial charge on any atom is 0.258 e. The summed E-state index contributed by atoms with van der Waals surface area (Å²) in [5.74, 6) is 1.85. The van der Waals surface area contributed by atoms with Crippen LogP contribution in [-0.2, 0) is 6.54 Å². The summed E-state index contributed by atoms with van der Waals surface area (Å²) in [6.45, 7) is 6.89. The fourth-order valence-electron chi connectivity index (χ4n) is 4.39. The fraction of sp³-hybridized carbons (Fsp3) is 0.207. The molecule has 0 saturated carbocycles. The first kappa shape index (κ1) is 23.8. The second kappa shape index (κ2) is 9.95. The minimum Gasteiger partial charge on any atom is -0.497 e. The van der Waals surface area contributed by atoms with Gasteiger partial charge in [0.2, 0.25) is 5.82 Å². The lowest BCUT2D eigenvalue weighted by molar-refractivity contribution is 0.396. The summed E-state index contributed by atoms with van der Waals surface area (Å²) in [6.07, 6.45) is 0. The number of hydrogen-bond acceptors (Lipinski definition) is 5. The molecule has 7 heteroatoms. The topological polar surface area (TPSA) is 63.4 Å². The largest absolute Gasteiger partial charge is 0.497 e. The van der Waals surface area contributed by atoms with E-state index >= 15 is 0 Å². The van der Waals surface area contributed by atoms with Crippen LogP contribution in [0.15, 0.2) is 83.0 Å². The van der Waals surface area contributed by atoms with Crippen molar-refractivity contribution in [1.29, 1.82) is 0 Å². The molecule has 36 heavy (non-hydrogen) atoms. The molecule has 0 amide bonds. The summed E-state index contributed by atoms with van der Waals surface area (Å²) >= 11 is 5.86. The van der Waals surface area contributed by atoms with E-state index < -0.39 is 0 Å². The third-order valence-corrected chi connectivity index (χ3v) is 6.99. The summed E-state index contributed by atoms with van der Waals surface area (Å²) < 4.78 is 11.2. The molecule has 5 rings (SSSR count). The lowest BCUT2D eigenvalue weighted by Gasteiger charge is -2.37. The molecular weight excluding hydrogens is 468 g/mol. The number of allylic oxidation sites excluding steroid dienone is 1. The van der Waals surface area contributed by atoms with Crippen molar-refractivity contribution in [3.63, 3.8) is 0 Å². The van der Waals surface area contributed by atoms with E-state index in [1.165, 1.54) is 11.1 Å². The molecule has 0 radical (unpaired) electrons. The Bertz CT molecular complexity index is 1430. The zero-order chi connectivity index (χ0) is 25.2. The number of aromatic nitrogens is 2. The first-order valence-electron chi connectivity index (χ1n) is 11.8. The standard InChI is InChI=1S/C29H28N4O2S/c1-18-10-13-23(16-19(18)2)26-25(28-31-27(32-35-28)22-8-6-5-7-9-22)20(3)33(29(36)30-26)17-21-11-14-24(34-4)15-12-21/h5-16,26H,17H2,1-4H3,(H,30,36). The average molecular weight is 497 g/mol. The molecule has 1 unspecified atom stereocenters. The van der Waals surface area contributed by atoms with Gasteiger partial charge in [0.15, 0.2) is 5.11 Å². The molecule has 1 aliphatic rings. The van der Waals surface area contributed by atoms with Crippen LogP contribution in [0, 0.1) is 13.8 Å². The molecule has 0 bridgehead atoms. The van der Waals surface area contributed by atoms with Gasteiger partial charge < -0.3 is 19.5 Å². The summed E-state index contributed by atoms with van der Waals surface area (Å²) in [7, 11) is 1.67. The normalized spacial score (nSPS) is 15.7. The van der Waals surface area contributed by atoms with Gasteiger partial charge in [0.05, 0.1) is 18.7 Å². The second-order valence-corrected chi connectivity index (χ2v) is 9.34. The van der Waals surface area contributed by atoms with Gasteiger partial charge in [-0.1, -0.05) is 65.8 Å². The van der Waals surface area contributed by atoms with Gasteiger partial charge in [0, 0.05) is 17.8 Å². The highest BCUT2D eigenvalue weighted by molar-refractivity contribution is 7.80. The van der Waals surface area contributed by atoms with Crippen LogP contribution >= 0.6 is 12.2 Å². The molecule has 4 aromatic rings. The number of thiocarbonyl (C=S) groups is 1. The Morgan fingerprint density at radius 3 is 2.42 bits per heavy atom. The maximum absolute atomic E-state index is 5.86. The summed E-state index contributed by atoms with van der Waals surface area (Å²) in [6, 6.07) is 24.1. The SMILES string of the molecule is COc1ccc(CN2C(=S)NC(c3ccc(C)c(C)c3)C(c3nc(-c4ccccc4)no3)=C2C)cc1.